The van der Waals surface area contributed by atoms with Crippen LogP contribution in [-0.2, 0) is 0 Å². The Morgan fingerprint density at radius 3 is 2.71 bits per heavy atom. The number of hydrogen-bond acceptors (Lipinski definition) is 3. The number of rotatable bonds is 5. The van der Waals surface area contributed by atoms with Crippen LogP contribution in [0.1, 0.15) is 34.0 Å². The molecule has 0 spiro atoms. The second-order valence-corrected chi connectivity index (χ2v) is 6.64. The molecule has 2 rings (SSSR count). The summed E-state index contributed by atoms with van der Waals surface area (Å²) in [6.07, 6.45) is 1.13. The average molecular weight is 286 g/mol. The standard InChI is InChI=1S/C13H16ClNS2/c1-3-7-15-12(11-5-4-9(2)17-11)13-10(14)6-8-16-13/h4-6,8,12,15H,3,7H2,1-2H3. The van der Waals surface area contributed by atoms with E-state index in [-0.39, 0.29) is 6.04 Å². The van der Waals surface area contributed by atoms with Crippen LogP contribution < -0.4 is 5.32 Å². The molecule has 17 heavy (non-hydrogen) atoms. The molecule has 1 atom stereocenters. The SMILES string of the molecule is CCCNC(c1ccc(C)s1)c1sccc1Cl. The fourth-order valence-electron chi connectivity index (χ4n) is 1.73. The van der Waals surface area contributed by atoms with Gasteiger partial charge in [0.15, 0.2) is 0 Å². The maximum absolute atomic E-state index is 6.25. The summed E-state index contributed by atoms with van der Waals surface area (Å²) in [4.78, 5) is 3.92. The van der Waals surface area contributed by atoms with Crippen LogP contribution in [-0.4, -0.2) is 6.54 Å². The van der Waals surface area contributed by atoms with Crippen molar-refractivity contribution in [3.8, 4) is 0 Å². The summed E-state index contributed by atoms with van der Waals surface area (Å²) in [5.41, 5.74) is 0. The Labute approximate surface area is 115 Å². The zero-order chi connectivity index (χ0) is 12.3. The van der Waals surface area contributed by atoms with Gasteiger partial charge in [0, 0.05) is 14.6 Å². The molecule has 0 bridgehead atoms. The summed E-state index contributed by atoms with van der Waals surface area (Å²) >= 11 is 9.81. The van der Waals surface area contributed by atoms with Gasteiger partial charge in [-0.15, -0.1) is 22.7 Å². The maximum Gasteiger partial charge on any atom is 0.0780 e. The molecule has 0 saturated carbocycles. The summed E-state index contributed by atoms with van der Waals surface area (Å²) in [6, 6.07) is 6.59. The van der Waals surface area contributed by atoms with Crippen LogP contribution in [0.5, 0.6) is 0 Å². The van der Waals surface area contributed by atoms with Crippen molar-refractivity contribution in [2.45, 2.75) is 26.3 Å². The number of thiophene rings is 2. The molecular formula is C13H16ClNS2. The average Bonchev–Trinajstić information content (AvgIpc) is 2.90. The molecule has 0 fully saturated rings. The minimum absolute atomic E-state index is 0.251. The highest BCUT2D eigenvalue weighted by Gasteiger charge is 2.18. The van der Waals surface area contributed by atoms with E-state index in [0.29, 0.717) is 0 Å². The summed E-state index contributed by atoms with van der Waals surface area (Å²) in [5, 5.41) is 6.50. The lowest BCUT2D eigenvalue weighted by Gasteiger charge is -2.16. The van der Waals surface area contributed by atoms with Gasteiger partial charge in [-0.05, 0) is 43.5 Å². The van der Waals surface area contributed by atoms with E-state index >= 15 is 0 Å². The van der Waals surface area contributed by atoms with Crippen molar-refractivity contribution < 1.29 is 0 Å². The van der Waals surface area contributed by atoms with Gasteiger partial charge in [0.05, 0.1) is 11.1 Å². The molecule has 1 nitrogen and oxygen atoms in total. The maximum atomic E-state index is 6.25. The predicted octanol–water partition coefficient (Wildman–Crippen LogP) is 4.86. The minimum atomic E-state index is 0.251. The van der Waals surface area contributed by atoms with Gasteiger partial charge in [0.25, 0.3) is 0 Å². The Balaban J connectivity index is 2.28. The molecule has 0 aliphatic rings. The van der Waals surface area contributed by atoms with E-state index in [9.17, 15) is 0 Å². The monoisotopic (exact) mass is 285 g/mol. The third kappa shape index (κ3) is 3.10. The topological polar surface area (TPSA) is 12.0 Å². The Bertz CT molecular complexity index is 475. The first kappa shape index (κ1) is 13.1. The Kier molecular flexibility index (Phi) is 4.62. The van der Waals surface area contributed by atoms with Crippen LogP contribution in [0, 0.1) is 6.92 Å². The van der Waals surface area contributed by atoms with Gasteiger partial charge >= 0.3 is 0 Å². The summed E-state index contributed by atoms with van der Waals surface area (Å²) in [6.45, 7) is 5.33. The van der Waals surface area contributed by atoms with Crippen molar-refractivity contribution in [1.29, 1.82) is 0 Å². The second kappa shape index (κ2) is 6.01. The van der Waals surface area contributed by atoms with E-state index in [1.807, 2.05) is 17.4 Å². The summed E-state index contributed by atoms with van der Waals surface area (Å²) in [7, 11) is 0. The van der Waals surface area contributed by atoms with Crippen molar-refractivity contribution in [3.05, 3.63) is 43.2 Å². The van der Waals surface area contributed by atoms with Crippen LogP contribution in [0.15, 0.2) is 23.6 Å². The van der Waals surface area contributed by atoms with Gasteiger partial charge in [0.1, 0.15) is 0 Å². The third-order valence-corrected chi connectivity index (χ3v) is 5.04. The van der Waals surface area contributed by atoms with Crippen LogP contribution in [0.2, 0.25) is 5.02 Å². The van der Waals surface area contributed by atoms with Crippen molar-refractivity contribution in [2.24, 2.45) is 0 Å². The second-order valence-electron chi connectivity index (χ2n) is 3.97. The lowest BCUT2D eigenvalue weighted by atomic mass is 10.2. The third-order valence-electron chi connectivity index (χ3n) is 2.55. The fraction of sp³-hybridized carbons (Fsp3) is 0.385. The first-order valence-electron chi connectivity index (χ1n) is 5.75. The van der Waals surface area contributed by atoms with E-state index in [4.69, 9.17) is 11.6 Å². The molecule has 0 aliphatic heterocycles. The first-order valence-corrected chi connectivity index (χ1v) is 7.82. The molecule has 0 saturated heterocycles. The van der Waals surface area contributed by atoms with E-state index in [0.717, 1.165) is 18.0 Å². The van der Waals surface area contributed by atoms with Gasteiger partial charge in [-0.25, -0.2) is 0 Å². The highest BCUT2D eigenvalue weighted by molar-refractivity contribution is 7.13. The summed E-state index contributed by atoms with van der Waals surface area (Å²) in [5.74, 6) is 0. The van der Waals surface area contributed by atoms with Crippen LogP contribution in [0.25, 0.3) is 0 Å². The molecule has 0 amide bonds. The zero-order valence-electron chi connectivity index (χ0n) is 10.00. The lowest BCUT2D eigenvalue weighted by molar-refractivity contribution is 0.613. The predicted molar refractivity (Wildman–Crippen MR) is 78.5 cm³/mol. The molecule has 0 aromatic carbocycles. The van der Waals surface area contributed by atoms with E-state index in [2.05, 4.69) is 36.7 Å². The fourth-order valence-corrected chi connectivity index (χ4v) is 4.03. The Morgan fingerprint density at radius 2 is 2.18 bits per heavy atom. The van der Waals surface area contributed by atoms with Crippen LogP contribution in [0.3, 0.4) is 0 Å². The smallest absolute Gasteiger partial charge is 0.0780 e. The molecule has 1 unspecified atom stereocenters. The van der Waals surface area contributed by atoms with Crippen LogP contribution in [0.4, 0.5) is 0 Å². The number of hydrogen-bond donors (Lipinski definition) is 1. The minimum Gasteiger partial charge on any atom is -0.305 e. The molecule has 2 aromatic rings. The summed E-state index contributed by atoms with van der Waals surface area (Å²) < 4.78 is 0. The van der Waals surface area contributed by atoms with Gasteiger partial charge in [0.2, 0.25) is 0 Å². The molecule has 1 N–H and O–H groups in total. The van der Waals surface area contributed by atoms with Crippen molar-refractivity contribution in [1.82, 2.24) is 5.32 Å². The van der Waals surface area contributed by atoms with Gasteiger partial charge in [-0.1, -0.05) is 18.5 Å². The first-order chi connectivity index (χ1) is 8.22. The molecule has 2 aromatic heterocycles. The normalized spacial score (nSPS) is 12.9. The van der Waals surface area contributed by atoms with Crippen molar-refractivity contribution >= 4 is 34.3 Å². The Hall–Kier alpha value is -0.350. The van der Waals surface area contributed by atoms with Crippen LogP contribution >= 0.6 is 34.3 Å². The molecular weight excluding hydrogens is 270 g/mol. The lowest BCUT2D eigenvalue weighted by Crippen LogP contribution is -2.21. The molecule has 0 aliphatic carbocycles. The van der Waals surface area contributed by atoms with Crippen molar-refractivity contribution in [3.63, 3.8) is 0 Å². The molecule has 0 radical (unpaired) electrons. The van der Waals surface area contributed by atoms with Crippen molar-refractivity contribution in [2.75, 3.05) is 6.54 Å². The number of halogens is 1. The highest BCUT2D eigenvalue weighted by atomic mass is 35.5. The molecule has 2 heterocycles. The van der Waals surface area contributed by atoms with E-state index in [1.54, 1.807) is 11.3 Å². The zero-order valence-corrected chi connectivity index (χ0v) is 12.4. The Morgan fingerprint density at radius 1 is 1.35 bits per heavy atom. The van der Waals surface area contributed by atoms with E-state index in [1.165, 1.54) is 14.6 Å². The molecule has 92 valence electrons. The van der Waals surface area contributed by atoms with Gasteiger partial charge in [-0.2, -0.15) is 0 Å². The van der Waals surface area contributed by atoms with Gasteiger partial charge in [-0.3, -0.25) is 0 Å². The largest absolute Gasteiger partial charge is 0.305 e. The quantitative estimate of drug-likeness (QED) is 0.827. The van der Waals surface area contributed by atoms with Gasteiger partial charge < -0.3 is 5.32 Å². The number of aryl methyl sites for hydroxylation is 1. The molecule has 4 heteroatoms. The highest BCUT2D eigenvalue weighted by Crippen LogP contribution is 2.35. The number of nitrogens with one attached hydrogen (secondary N) is 1. The van der Waals surface area contributed by atoms with E-state index < -0.39 is 0 Å².